The predicted molar refractivity (Wildman–Crippen MR) is 111 cm³/mol. The molecule has 0 saturated carbocycles. The largest absolute Gasteiger partial charge is 0.457 e. The lowest BCUT2D eigenvalue weighted by Gasteiger charge is -2.46. The molecule has 3 rings (SSSR count). The zero-order valence-electron chi connectivity index (χ0n) is 17.1. The number of carbonyl (C=O) groups excluding carboxylic acids is 1. The number of ketones is 1. The maximum atomic E-state index is 13.0. The Balaban J connectivity index is 1.70. The topological polar surface area (TPSA) is 38.3 Å². The fourth-order valence-corrected chi connectivity index (χ4v) is 4.69. The summed E-state index contributed by atoms with van der Waals surface area (Å²) in [4.78, 5) is 13.0. The van der Waals surface area contributed by atoms with E-state index in [1.165, 1.54) is 0 Å². The summed E-state index contributed by atoms with van der Waals surface area (Å²) < 4.78 is 5.88. The van der Waals surface area contributed by atoms with Crippen molar-refractivity contribution >= 4 is 5.78 Å². The molecule has 0 amide bonds. The number of carbonyl (C=O) groups is 1. The third-order valence-corrected chi connectivity index (χ3v) is 5.23. The van der Waals surface area contributed by atoms with Gasteiger partial charge in [-0.15, -0.1) is 0 Å². The Morgan fingerprint density at radius 2 is 1.63 bits per heavy atom. The maximum absolute atomic E-state index is 13.0. The van der Waals surface area contributed by atoms with Gasteiger partial charge in [0.1, 0.15) is 11.5 Å². The molecule has 0 bridgehead atoms. The minimum atomic E-state index is 0.0646. The van der Waals surface area contributed by atoms with Crippen LogP contribution < -0.4 is 10.1 Å². The number of ether oxygens (including phenoxy) is 1. The first-order valence-electron chi connectivity index (χ1n) is 9.80. The van der Waals surface area contributed by atoms with E-state index in [9.17, 15) is 4.79 Å². The summed E-state index contributed by atoms with van der Waals surface area (Å²) in [5.74, 6) is 2.20. The summed E-state index contributed by atoms with van der Waals surface area (Å²) >= 11 is 0. The van der Waals surface area contributed by atoms with Gasteiger partial charge in [-0.1, -0.05) is 18.2 Å². The van der Waals surface area contributed by atoms with Gasteiger partial charge >= 0.3 is 0 Å². The van der Waals surface area contributed by atoms with E-state index >= 15 is 0 Å². The van der Waals surface area contributed by atoms with Crippen LogP contribution in [-0.2, 0) is 0 Å². The van der Waals surface area contributed by atoms with Crippen LogP contribution in [0.2, 0.25) is 0 Å². The monoisotopic (exact) mass is 365 g/mol. The second-order valence-electron chi connectivity index (χ2n) is 9.19. The van der Waals surface area contributed by atoms with Gasteiger partial charge in [0.05, 0.1) is 0 Å². The summed E-state index contributed by atoms with van der Waals surface area (Å²) in [7, 11) is 0. The van der Waals surface area contributed by atoms with Gasteiger partial charge in [-0.2, -0.15) is 0 Å². The molecule has 1 heterocycles. The number of nitrogens with one attached hydrogen (secondary N) is 1. The zero-order chi connectivity index (χ0) is 19.7. The number of aryl methyl sites for hydroxylation is 1. The molecule has 1 saturated heterocycles. The van der Waals surface area contributed by atoms with Gasteiger partial charge in [0.2, 0.25) is 0 Å². The van der Waals surface area contributed by atoms with Crippen LogP contribution >= 0.6 is 0 Å². The van der Waals surface area contributed by atoms with Gasteiger partial charge in [-0.05, 0) is 89.3 Å². The van der Waals surface area contributed by atoms with Gasteiger partial charge < -0.3 is 10.1 Å². The molecule has 3 nitrogen and oxygen atoms in total. The van der Waals surface area contributed by atoms with E-state index in [1.54, 1.807) is 0 Å². The summed E-state index contributed by atoms with van der Waals surface area (Å²) in [5, 5.41) is 3.69. The Morgan fingerprint density at radius 3 is 2.22 bits per heavy atom. The molecule has 2 aromatic rings. The predicted octanol–water partition coefficient (Wildman–Crippen LogP) is 5.92. The smallest absolute Gasteiger partial charge is 0.163 e. The van der Waals surface area contributed by atoms with Crippen LogP contribution in [0.5, 0.6) is 11.5 Å². The molecule has 0 atom stereocenters. The molecule has 27 heavy (non-hydrogen) atoms. The molecule has 1 N–H and O–H groups in total. The summed E-state index contributed by atoms with van der Waals surface area (Å²) in [6, 6.07) is 15.5. The van der Waals surface area contributed by atoms with Crippen LogP contribution in [0.4, 0.5) is 0 Å². The third kappa shape index (κ3) is 5.20. The van der Waals surface area contributed by atoms with Crippen molar-refractivity contribution in [2.24, 2.45) is 5.92 Å². The molecule has 0 unspecified atom stereocenters. The van der Waals surface area contributed by atoms with E-state index in [2.05, 4.69) is 33.0 Å². The molecule has 2 aromatic carbocycles. The van der Waals surface area contributed by atoms with E-state index in [0.717, 1.165) is 35.5 Å². The Bertz CT molecular complexity index is 792. The van der Waals surface area contributed by atoms with Crippen molar-refractivity contribution in [3.05, 3.63) is 59.7 Å². The number of Topliss-reactive ketones (excluding diaryl/α,β-unsaturated/α-hetero) is 1. The van der Waals surface area contributed by atoms with Gasteiger partial charge in [-0.3, -0.25) is 4.79 Å². The Kier molecular flexibility index (Phi) is 5.43. The van der Waals surface area contributed by atoms with Crippen molar-refractivity contribution in [1.82, 2.24) is 5.32 Å². The summed E-state index contributed by atoms with van der Waals surface area (Å²) in [6.45, 7) is 10.9. The Morgan fingerprint density at radius 1 is 1.00 bits per heavy atom. The highest BCUT2D eigenvalue weighted by Gasteiger charge is 2.38. The number of hydrogen-bond donors (Lipinski definition) is 1. The van der Waals surface area contributed by atoms with Crippen molar-refractivity contribution in [3.63, 3.8) is 0 Å². The van der Waals surface area contributed by atoms with Gasteiger partial charge in [0, 0.05) is 23.1 Å². The lowest BCUT2D eigenvalue weighted by Crippen LogP contribution is -2.57. The van der Waals surface area contributed by atoms with E-state index in [4.69, 9.17) is 4.74 Å². The average Bonchev–Trinajstić information content (AvgIpc) is 2.52. The lowest BCUT2D eigenvalue weighted by atomic mass is 9.73. The lowest BCUT2D eigenvalue weighted by molar-refractivity contribution is 0.0864. The van der Waals surface area contributed by atoms with Crippen molar-refractivity contribution < 1.29 is 9.53 Å². The quantitative estimate of drug-likeness (QED) is 0.669. The number of para-hydroxylation sites is 1. The zero-order valence-corrected chi connectivity index (χ0v) is 17.1. The average molecular weight is 366 g/mol. The third-order valence-electron chi connectivity index (χ3n) is 5.23. The molecule has 0 aliphatic carbocycles. The van der Waals surface area contributed by atoms with Crippen molar-refractivity contribution in [3.8, 4) is 11.5 Å². The van der Waals surface area contributed by atoms with Crippen LogP contribution in [0.25, 0.3) is 0 Å². The molecule has 1 fully saturated rings. The first-order chi connectivity index (χ1) is 12.6. The number of hydrogen-bond acceptors (Lipinski definition) is 3. The SMILES string of the molecule is Cc1cc(Oc2ccccc2)ccc1C(=O)CC1CC(C)(C)NC(C)(C)C1. The first kappa shape index (κ1) is 19.6. The molecule has 0 radical (unpaired) electrons. The molecular formula is C24H31NO2. The summed E-state index contributed by atoms with van der Waals surface area (Å²) in [6.07, 6.45) is 2.65. The highest BCUT2D eigenvalue weighted by atomic mass is 16.5. The Hall–Kier alpha value is -2.13. The van der Waals surface area contributed by atoms with Crippen LogP contribution in [0, 0.1) is 12.8 Å². The van der Waals surface area contributed by atoms with Gasteiger partial charge in [0.25, 0.3) is 0 Å². The molecule has 0 aromatic heterocycles. The van der Waals surface area contributed by atoms with Crippen LogP contribution in [-0.4, -0.2) is 16.9 Å². The molecule has 1 aliphatic heterocycles. The van der Waals surface area contributed by atoms with E-state index in [0.29, 0.717) is 12.3 Å². The second kappa shape index (κ2) is 7.47. The fraction of sp³-hybridized carbons (Fsp3) is 0.458. The first-order valence-corrected chi connectivity index (χ1v) is 9.80. The number of benzene rings is 2. The van der Waals surface area contributed by atoms with E-state index in [1.807, 2.05) is 55.5 Å². The van der Waals surface area contributed by atoms with Crippen molar-refractivity contribution in [2.75, 3.05) is 0 Å². The van der Waals surface area contributed by atoms with E-state index < -0.39 is 0 Å². The maximum Gasteiger partial charge on any atom is 0.163 e. The normalized spacial score (nSPS) is 18.9. The highest BCUT2D eigenvalue weighted by molar-refractivity contribution is 5.97. The standard InChI is InChI=1S/C24H31NO2/c1-17-13-20(27-19-9-7-6-8-10-19)11-12-21(17)22(26)14-18-15-23(2,3)25-24(4,5)16-18/h6-13,18,25H,14-16H2,1-5H3. The van der Waals surface area contributed by atoms with Crippen molar-refractivity contribution in [2.45, 2.75) is 65.0 Å². The molecule has 1 aliphatic rings. The van der Waals surface area contributed by atoms with Crippen LogP contribution in [0.3, 0.4) is 0 Å². The molecule has 144 valence electrons. The summed E-state index contributed by atoms with van der Waals surface area (Å²) in [5.41, 5.74) is 1.91. The minimum Gasteiger partial charge on any atom is -0.457 e. The Labute approximate surface area is 163 Å². The van der Waals surface area contributed by atoms with Crippen LogP contribution in [0.1, 0.15) is 62.9 Å². The van der Waals surface area contributed by atoms with Crippen molar-refractivity contribution in [1.29, 1.82) is 0 Å². The molecule has 0 spiro atoms. The second-order valence-corrected chi connectivity index (χ2v) is 9.19. The molecule has 3 heteroatoms. The number of rotatable bonds is 5. The number of piperidine rings is 1. The van der Waals surface area contributed by atoms with Gasteiger partial charge in [0.15, 0.2) is 5.78 Å². The highest BCUT2D eigenvalue weighted by Crippen LogP contribution is 2.35. The minimum absolute atomic E-state index is 0.0646. The van der Waals surface area contributed by atoms with Gasteiger partial charge in [-0.25, -0.2) is 0 Å². The van der Waals surface area contributed by atoms with Crippen LogP contribution in [0.15, 0.2) is 48.5 Å². The molecular weight excluding hydrogens is 334 g/mol. The van der Waals surface area contributed by atoms with E-state index in [-0.39, 0.29) is 16.9 Å². The fourth-order valence-electron chi connectivity index (χ4n) is 4.69.